The number of aryl methyl sites for hydroxylation is 1. The van der Waals surface area contributed by atoms with E-state index in [1.165, 1.54) is 13.2 Å². The van der Waals surface area contributed by atoms with Crippen LogP contribution in [0.15, 0.2) is 61.4 Å². The molecule has 0 bridgehead atoms. The molecule has 1 amide bonds. The predicted octanol–water partition coefficient (Wildman–Crippen LogP) is 3.61. The summed E-state index contributed by atoms with van der Waals surface area (Å²) in [6.07, 6.45) is 4.68. The number of carbonyl (C=O) groups is 1. The lowest BCUT2D eigenvalue weighted by atomic mass is 10.1. The first-order valence-electron chi connectivity index (χ1n) is 13.9. The number of hydrogen-bond acceptors (Lipinski definition) is 10. The van der Waals surface area contributed by atoms with E-state index in [2.05, 4.69) is 27.1 Å². The number of methoxy groups -OCH3 is 1. The Morgan fingerprint density at radius 2 is 1.95 bits per heavy atom. The van der Waals surface area contributed by atoms with Gasteiger partial charge in [0.1, 0.15) is 23.9 Å². The molecular weight excluding hydrogens is 588 g/mol. The van der Waals surface area contributed by atoms with Crippen LogP contribution in [0.1, 0.15) is 5.56 Å². The summed E-state index contributed by atoms with van der Waals surface area (Å²) in [7, 11) is -0.783. The van der Waals surface area contributed by atoms with Gasteiger partial charge in [-0.05, 0) is 29.8 Å². The SMILES string of the molecule is C=CC(=O)Nc1cc(Nc2nccc(-c3cn(C)c4cc(CS(=O)(=O)O)ccc34)n2)c(OC)cc1OCCN1CCOCC1. The number of carbonyl (C=O) groups excluding carboxylic acids is 1. The molecule has 44 heavy (non-hydrogen) atoms. The fourth-order valence-electron chi connectivity index (χ4n) is 4.96. The first kappa shape index (κ1) is 30.9. The second-order valence-electron chi connectivity index (χ2n) is 10.2. The van der Waals surface area contributed by atoms with Crippen molar-refractivity contribution in [3.8, 4) is 22.8 Å². The maximum absolute atomic E-state index is 12.3. The van der Waals surface area contributed by atoms with Crippen LogP contribution in [0.3, 0.4) is 0 Å². The van der Waals surface area contributed by atoms with Crippen LogP contribution in [-0.4, -0.2) is 84.9 Å². The molecule has 4 aromatic rings. The zero-order chi connectivity index (χ0) is 31.3. The van der Waals surface area contributed by atoms with Gasteiger partial charge in [-0.2, -0.15) is 8.42 Å². The molecule has 232 valence electrons. The third kappa shape index (κ3) is 7.52. The van der Waals surface area contributed by atoms with E-state index >= 15 is 0 Å². The topological polar surface area (TPSA) is 157 Å². The van der Waals surface area contributed by atoms with Crippen molar-refractivity contribution in [1.29, 1.82) is 0 Å². The normalized spacial score (nSPS) is 13.9. The molecule has 13 nitrogen and oxygen atoms in total. The van der Waals surface area contributed by atoms with Crippen molar-refractivity contribution in [2.75, 3.05) is 57.2 Å². The van der Waals surface area contributed by atoms with Gasteiger partial charge in [-0.25, -0.2) is 9.97 Å². The number of aromatic nitrogens is 3. The smallest absolute Gasteiger partial charge is 0.269 e. The maximum Gasteiger partial charge on any atom is 0.269 e. The average molecular weight is 623 g/mol. The number of morpholine rings is 1. The van der Waals surface area contributed by atoms with Crippen molar-refractivity contribution >= 4 is 44.3 Å². The number of fused-ring (bicyclic) bond motifs is 1. The summed E-state index contributed by atoms with van der Waals surface area (Å²) in [5.41, 5.74) is 3.60. The number of anilines is 3. The van der Waals surface area contributed by atoms with E-state index in [9.17, 15) is 17.8 Å². The summed E-state index contributed by atoms with van der Waals surface area (Å²) in [6.45, 7) is 7.71. The molecule has 0 unspecified atom stereocenters. The van der Waals surface area contributed by atoms with Gasteiger partial charge in [0, 0.05) is 61.6 Å². The van der Waals surface area contributed by atoms with Gasteiger partial charge in [-0.1, -0.05) is 18.7 Å². The molecule has 0 atom stereocenters. The minimum absolute atomic E-state index is 0.280. The van der Waals surface area contributed by atoms with Crippen LogP contribution in [0.5, 0.6) is 11.5 Å². The fourth-order valence-corrected chi connectivity index (χ4v) is 5.56. The molecule has 1 fully saturated rings. The largest absolute Gasteiger partial charge is 0.494 e. The van der Waals surface area contributed by atoms with Gasteiger partial charge >= 0.3 is 0 Å². The molecule has 0 saturated carbocycles. The molecule has 1 aliphatic heterocycles. The highest BCUT2D eigenvalue weighted by atomic mass is 32.2. The third-order valence-electron chi connectivity index (χ3n) is 7.10. The number of ether oxygens (including phenoxy) is 3. The van der Waals surface area contributed by atoms with Crippen LogP contribution in [-0.2, 0) is 32.5 Å². The lowest BCUT2D eigenvalue weighted by molar-refractivity contribution is -0.111. The lowest BCUT2D eigenvalue weighted by Crippen LogP contribution is -2.38. The number of rotatable bonds is 12. The zero-order valence-electron chi connectivity index (χ0n) is 24.4. The quantitative estimate of drug-likeness (QED) is 0.157. The summed E-state index contributed by atoms with van der Waals surface area (Å²) in [6, 6.07) is 10.3. The van der Waals surface area contributed by atoms with Crippen molar-refractivity contribution in [2.24, 2.45) is 7.05 Å². The molecular formula is C30H34N6O7S. The molecule has 14 heteroatoms. The highest BCUT2D eigenvalue weighted by molar-refractivity contribution is 7.85. The number of hydrogen-bond donors (Lipinski definition) is 3. The van der Waals surface area contributed by atoms with Crippen LogP contribution in [0.4, 0.5) is 17.3 Å². The molecule has 3 heterocycles. The predicted molar refractivity (Wildman–Crippen MR) is 167 cm³/mol. The van der Waals surface area contributed by atoms with Crippen LogP contribution >= 0.6 is 0 Å². The molecule has 2 aromatic heterocycles. The lowest BCUT2D eigenvalue weighted by Gasteiger charge is -2.26. The Kier molecular flexibility index (Phi) is 9.44. The Morgan fingerprint density at radius 1 is 1.16 bits per heavy atom. The molecule has 0 radical (unpaired) electrons. The van der Waals surface area contributed by atoms with E-state index in [0.29, 0.717) is 60.5 Å². The Morgan fingerprint density at radius 3 is 2.68 bits per heavy atom. The highest BCUT2D eigenvalue weighted by Crippen LogP contribution is 2.38. The second-order valence-corrected chi connectivity index (χ2v) is 11.6. The van der Waals surface area contributed by atoms with Gasteiger partial charge in [0.2, 0.25) is 11.9 Å². The summed E-state index contributed by atoms with van der Waals surface area (Å²) < 4.78 is 51.0. The van der Waals surface area contributed by atoms with Gasteiger partial charge < -0.3 is 29.4 Å². The summed E-state index contributed by atoms with van der Waals surface area (Å²) in [5, 5.41) is 6.83. The van der Waals surface area contributed by atoms with Crippen LogP contribution in [0, 0.1) is 0 Å². The Balaban J connectivity index is 1.41. The molecule has 2 aromatic carbocycles. The first-order chi connectivity index (χ1) is 21.1. The zero-order valence-corrected chi connectivity index (χ0v) is 25.3. The van der Waals surface area contributed by atoms with E-state index in [1.807, 2.05) is 17.8 Å². The fraction of sp³-hybridized carbons (Fsp3) is 0.300. The Bertz CT molecular complexity index is 1780. The molecule has 5 rings (SSSR count). The van der Waals surface area contributed by atoms with E-state index in [0.717, 1.165) is 29.6 Å². The molecule has 0 spiro atoms. The number of amides is 1. The molecule has 1 saturated heterocycles. The third-order valence-corrected chi connectivity index (χ3v) is 7.79. The van der Waals surface area contributed by atoms with E-state index in [1.54, 1.807) is 42.6 Å². The van der Waals surface area contributed by atoms with Crippen LogP contribution < -0.4 is 20.1 Å². The minimum Gasteiger partial charge on any atom is -0.494 e. The van der Waals surface area contributed by atoms with Gasteiger partial charge in [0.25, 0.3) is 10.1 Å². The second kappa shape index (κ2) is 13.4. The van der Waals surface area contributed by atoms with Crippen molar-refractivity contribution in [3.05, 3.63) is 67.0 Å². The summed E-state index contributed by atoms with van der Waals surface area (Å²) in [5.74, 6) is 0.304. The monoisotopic (exact) mass is 622 g/mol. The number of nitrogens with one attached hydrogen (secondary N) is 2. The van der Waals surface area contributed by atoms with Crippen molar-refractivity contribution in [2.45, 2.75) is 5.75 Å². The molecule has 0 aliphatic carbocycles. The Hall–Kier alpha value is -4.50. The summed E-state index contributed by atoms with van der Waals surface area (Å²) in [4.78, 5) is 23.6. The van der Waals surface area contributed by atoms with E-state index in [4.69, 9.17) is 19.2 Å². The van der Waals surface area contributed by atoms with Crippen molar-refractivity contribution in [3.63, 3.8) is 0 Å². The van der Waals surface area contributed by atoms with Crippen LogP contribution in [0.25, 0.3) is 22.2 Å². The molecule has 3 N–H and O–H groups in total. The van der Waals surface area contributed by atoms with Gasteiger partial charge in [-0.15, -0.1) is 0 Å². The van der Waals surface area contributed by atoms with Gasteiger partial charge in [0.15, 0.2) is 0 Å². The highest BCUT2D eigenvalue weighted by Gasteiger charge is 2.18. The summed E-state index contributed by atoms with van der Waals surface area (Å²) >= 11 is 0. The van der Waals surface area contributed by atoms with Gasteiger partial charge in [-0.3, -0.25) is 14.2 Å². The van der Waals surface area contributed by atoms with E-state index < -0.39 is 21.8 Å². The van der Waals surface area contributed by atoms with Crippen LogP contribution in [0.2, 0.25) is 0 Å². The van der Waals surface area contributed by atoms with Crippen molar-refractivity contribution < 1.29 is 32.0 Å². The minimum atomic E-state index is -4.16. The average Bonchev–Trinajstić information content (AvgIpc) is 3.33. The Labute approximate surface area is 255 Å². The standard InChI is InChI=1S/C30H34N6O7S/c1-4-29(37)32-25-16-24(27(41-3)17-28(25)43-14-11-36-9-12-42-13-10-36)34-30-31-8-7-23(33-30)22-18-35(2)26-15-20(5-6-21(22)26)19-44(38,39)40/h4-8,15-18H,1,9-14,19H2,2-3H3,(H,32,37)(H,31,33,34)(H,38,39,40). The van der Waals surface area contributed by atoms with Gasteiger partial charge in [0.05, 0.1) is 37.4 Å². The van der Waals surface area contributed by atoms with E-state index in [-0.39, 0.29) is 5.95 Å². The molecule has 1 aliphatic rings. The maximum atomic E-state index is 12.3. The number of nitrogens with zero attached hydrogens (tertiary/aromatic N) is 4. The first-order valence-corrected chi connectivity index (χ1v) is 15.5. The van der Waals surface area contributed by atoms with Crippen molar-refractivity contribution in [1.82, 2.24) is 19.4 Å². The number of benzene rings is 2.